The number of aliphatic hydroxyl groups is 1. The van der Waals surface area contributed by atoms with Crippen molar-refractivity contribution in [3.8, 4) is 0 Å². The van der Waals surface area contributed by atoms with Gasteiger partial charge >= 0.3 is 0 Å². The Kier molecular flexibility index (Phi) is 4.79. The first-order chi connectivity index (χ1) is 5.12. The summed E-state index contributed by atoms with van der Waals surface area (Å²) in [5, 5.41) is 9.01. The first-order valence-corrected chi connectivity index (χ1v) is 3.75. The fraction of sp³-hybridized carbons (Fsp3) is 0.556. The van der Waals surface area contributed by atoms with E-state index in [9.17, 15) is 4.39 Å². The third-order valence-corrected chi connectivity index (χ3v) is 1.46. The number of hydrogen-bond donors (Lipinski definition) is 1. The molecular formula is C9H15FO. The summed E-state index contributed by atoms with van der Waals surface area (Å²) in [4.78, 5) is 0. The summed E-state index contributed by atoms with van der Waals surface area (Å²) in [6, 6.07) is 0. The van der Waals surface area contributed by atoms with Crippen LogP contribution in [0.5, 0.6) is 0 Å². The Labute approximate surface area is 67.2 Å². The number of halogens is 1. The maximum atomic E-state index is 12.9. The standard InChI is InChI=1S/C9H15FO/c1-3-5-7-9(10,11)8-6-4-2/h3-4,11H,1-2,5-8H2. The van der Waals surface area contributed by atoms with Gasteiger partial charge in [-0.3, -0.25) is 0 Å². The molecule has 0 aliphatic rings. The molecule has 0 bridgehead atoms. The molecule has 0 aliphatic heterocycles. The second-order valence-electron chi connectivity index (χ2n) is 2.57. The maximum absolute atomic E-state index is 12.9. The second kappa shape index (κ2) is 5.08. The molecule has 0 fully saturated rings. The molecule has 0 amide bonds. The van der Waals surface area contributed by atoms with E-state index < -0.39 is 5.85 Å². The largest absolute Gasteiger partial charge is 0.362 e. The lowest BCUT2D eigenvalue weighted by Crippen LogP contribution is -2.21. The van der Waals surface area contributed by atoms with Gasteiger partial charge in [-0.2, -0.15) is 0 Å². The number of allylic oxidation sites excluding steroid dienone is 2. The van der Waals surface area contributed by atoms with Gasteiger partial charge in [-0.05, 0) is 12.8 Å². The molecule has 0 saturated carbocycles. The van der Waals surface area contributed by atoms with E-state index in [1.54, 1.807) is 12.2 Å². The fourth-order valence-electron chi connectivity index (χ4n) is 0.771. The number of alkyl halides is 1. The Morgan fingerprint density at radius 2 is 1.55 bits per heavy atom. The molecule has 0 atom stereocenters. The van der Waals surface area contributed by atoms with Crippen LogP contribution in [0.1, 0.15) is 25.7 Å². The molecule has 0 saturated heterocycles. The van der Waals surface area contributed by atoms with E-state index in [1.165, 1.54) is 0 Å². The molecule has 0 aromatic heterocycles. The lowest BCUT2D eigenvalue weighted by Gasteiger charge is -2.16. The molecule has 64 valence electrons. The molecule has 0 aromatic rings. The minimum Gasteiger partial charge on any atom is -0.362 e. The average molecular weight is 158 g/mol. The van der Waals surface area contributed by atoms with Gasteiger partial charge in [-0.15, -0.1) is 13.2 Å². The molecule has 11 heavy (non-hydrogen) atoms. The van der Waals surface area contributed by atoms with Crippen LogP contribution in [0.2, 0.25) is 0 Å². The predicted molar refractivity (Wildman–Crippen MR) is 44.9 cm³/mol. The van der Waals surface area contributed by atoms with Gasteiger partial charge in [0.25, 0.3) is 0 Å². The highest BCUT2D eigenvalue weighted by Crippen LogP contribution is 2.20. The highest BCUT2D eigenvalue weighted by atomic mass is 19.2. The summed E-state index contributed by atoms with van der Waals surface area (Å²) in [6.07, 6.45) is 4.46. The van der Waals surface area contributed by atoms with Crippen LogP contribution in [0, 0.1) is 0 Å². The molecular weight excluding hydrogens is 143 g/mol. The predicted octanol–water partition coefficient (Wildman–Crippen LogP) is 2.58. The van der Waals surface area contributed by atoms with Gasteiger partial charge in [-0.1, -0.05) is 12.2 Å². The van der Waals surface area contributed by atoms with Crippen LogP contribution in [0.4, 0.5) is 4.39 Å². The number of hydrogen-bond acceptors (Lipinski definition) is 1. The Balaban J connectivity index is 3.59. The number of rotatable bonds is 6. The third kappa shape index (κ3) is 5.80. The van der Waals surface area contributed by atoms with Crippen molar-refractivity contribution in [2.75, 3.05) is 0 Å². The Bertz CT molecular complexity index is 116. The lowest BCUT2D eigenvalue weighted by atomic mass is 10.1. The van der Waals surface area contributed by atoms with Crippen LogP contribution in [-0.4, -0.2) is 11.0 Å². The molecule has 0 aliphatic carbocycles. The van der Waals surface area contributed by atoms with Crippen molar-refractivity contribution in [2.45, 2.75) is 31.5 Å². The molecule has 1 nitrogen and oxygen atoms in total. The zero-order valence-electron chi connectivity index (χ0n) is 6.72. The van der Waals surface area contributed by atoms with Crippen molar-refractivity contribution < 1.29 is 9.50 Å². The van der Waals surface area contributed by atoms with E-state index in [0.29, 0.717) is 12.8 Å². The van der Waals surface area contributed by atoms with Crippen molar-refractivity contribution in [3.05, 3.63) is 25.3 Å². The van der Waals surface area contributed by atoms with Gasteiger partial charge in [0.05, 0.1) is 0 Å². The van der Waals surface area contributed by atoms with Gasteiger partial charge in [0.1, 0.15) is 0 Å². The van der Waals surface area contributed by atoms with E-state index in [-0.39, 0.29) is 12.8 Å². The molecule has 0 spiro atoms. The van der Waals surface area contributed by atoms with Crippen LogP contribution >= 0.6 is 0 Å². The van der Waals surface area contributed by atoms with Crippen LogP contribution in [0.3, 0.4) is 0 Å². The third-order valence-electron chi connectivity index (χ3n) is 1.46. The Morgan fingerprint density at radius 3 is 1.82 bits per heavy atom. The van der Waals surface area contributed by atoms with Crippen molar-refractivity contribution in [1.29, 1.82) is 0 Å². The zero-order chi connectivity index (χ0) is 8.74. The summed E-state index contributed by atoms with van der Waals surface area (Å²) >= 11 is 0. The minimum atomic E-state index is -2.04. The van der Waals surface area contributed by atoms with Crippen molar-refractivity contribution in [3.63, 3.8) is 0 Å². The van der Waals surface area contributed by atoms with Crippen molar-refractivity contribution in [1.82, 2.24) is 0 Å². The normalized spacial score (nSPS) is 11.1. The topological polar surface area (TPSA) is 20.2 Å². The molecule has 2 heteroatoms. The smallest absolute Gasteiger partial charge is 0.207 e. The highest BCUT2D eigenvalue weighted by molar-refractivity contribution is 4.77. The van der Waals surface area contributed by atoms with Crippen molar-refractivity contribution >= 4 is 0 Å². The van der Waals surface area contributed by atoms with Gasteiger partial charge in [0.15, 0.2) is 0 Å². The molecule has 0 radical (unpaired) electrons. The van der Waals surface area contributed by atoms with E-state index >= 15 is 0 Å². The van der Waals surface area contributed by atoms with Gasteiger partial charge in [0, 0.05) is 12.8 Å². The van der Waals surface area contributed by atoms with Gasteiger partial charge in [-0.25, -0.2) is 4.39 Å². The molecule has 0 unspecified atom stereocenters. The SMILES string of the molecule is C=CCCC(O)(F)CCC=C. The minimum absolute atomic E-state index is 0.129. The van der Waals surface area contributed by atoms with E-state index in [4.69, 9.17) is 5.11 Å². The van der Waals surface area contributed by atoms with E-state index in [1.807, 2.05) is 0 Å². The highest BCUT2D eigenvalue weighted by Gasteiger charge is 2.22. The first kappa shape index (κ1) is 10.4. The summed E-state index contributed by atoms with van der Waals surface area (Å²) in [5.74, 6) is -2.04. The Hall–Kier alpha value is -0.630. The van der Waals surface area contributed by atoms with Crippen LogP contribution < -0.4 is 0 Å². The molecule has 0 aromatic carbocycles. The van der Waals surface area contributed by atoms with Crippen LogP contribution in [0.25, 0.3) is 0 Å². The molecule has 1 N–H and O–H groups in total. The first-order valence-electron chi connectivity index (χ1n) is 3.75. The van der Waals surface area contributed by atoms with Gasteiger partial charge in [0.2, 0.25) is 5.85 Å². The van der Waals surface area contributed by atoms with E-state index in [0.717, 1.165) is 0 Å². The second-order valence-corrected chi connectivity index (χ2v) is 2.57. The van der Waals surface area contributed by atoms with Crippen LogP contribution in [0.15, 0.2) is 25.3 Å². The quantitative estimate of drug-likeness (QED) is 0.589. The fourth-order valence-corrected chi connectivity index (χ4v) is 0.771. The summed E-state index contributed by atoms with van der Waals surface area (Å²) in [7, 11) is 0. The zero-order valence-corrected chi connectivity index (χ0v) is 6.72. The average Bonchev–Trinajstić information content (AvgIpc) is 1.97. The van der Waals surface area contributed by atoms with Crippen molar-refractivity contribution in [2.24, 2.45) is 0 Å². The van der Waals surface area contributed by atoms with Gasteiger partial charge < -0.3 is 5.11 Å². The van der Waals surface area contributed by atoms with E-state index in [2.05, 4.69) is 13.2 Å². The summed E-state index contributed by atoms with van der Waals surface area (Å²) in [5.41, 5.74) is 0. The summed E-state index contributed by atoms with van der Waals surface area (Å²) < 4.78 is 12.9. The summed E-state index contributed by atoms with van der Waals surface area (Å²) in [6.45, 7) is 6.89. The lowest BCUT2D eigenvalue weighted by molar-refractivity contribution is -0.0987. The maximum Gasteiger partial charge on any atom is 0.207 e. The Morgan fingerprint density at radius 1 is 1.18 bits per heavy atom. The molecule has 0 rings (SSSR count). The van der Waals surface area contributed by atoms with Crippen LogP contribution in [-0.2, 0) is 0 Å². The molecule has 0 heterocycles. The monoisotopic (exact) mass is 158 g/mol.